The van der Waals surface area contributed by atoms with Crippen LogP contribution in [0.1, 0.15) is 18.4 Å². The van der Waals surface area contributed by atoms with Gasteiger partial charge in [0.25, 0.3) is 5.69 Å². The Labute approximate surface area is 104 Å². The maximum atomic E-state index is 10.8. The Morgan fingerprint density at radius 2 is 2.24 bits per heavy atom. The van der Waals surface area contributed by atoms with E-state index < -0.39 is 0 Å². The number of anilines is 1. The normalized spacial score (nSPS) is 16.8. The van der Waals surface area contributed by atoms with Gasteiger partial charge in [-0.1, -0.05) is 0 Å². The van der Waals surface area contributed by atoms with Crippen molar-refractivity contribution in [3.8, 4) is 0 Å². The first kappa shape index (κ1) is 12.2. The summed E-state index contributed by atoms with van der Waals surface area (Å²) < 4.78 is 0. The Kier molecular flexibility index (Phi) is 3.83. The van der Waals surface area contributed by atoms with Crippen molar-refractivity contribution in [2.45, 2.75) is 25.8 Å². The predicted molar refractivity (Wildman–Crippen MR) is 69.6 cm³/mol. The predicted octanol–water partition coefficient (Wildman–Crippen LogP) is 2.61. The largest absolute Gasteiger partial charge is 0.367 e. The summed E-state index contributed by atoms with van der Waals surface area (Å²) in [6, 6.07) is 1.92. The zero-order chi connectivity index (χ0) is 12.3. The van der Waals surface area contributed by atoms with Gasteiger partial charge >= 0.3 is 0 Å². The quantitative estimate of drug-likeness (QED) is 0.662. The van der Waals surface area contributed by atoms with E-state index in [1.54, 1.807) is 13.1 Å². The van der Waals surface area contributed by atoms with Gasteiger partial charge in [0.15, 0.2) is 0 Å². The summed E-state index contributed by atoms with van der Waals surface area (Å²) in [6.45, 7) is 1.70. The molecule has 0 bridgehead atoms. The third-order valence-corrected chi connectivity index (χ3v) is 3.89. The van der Waals surface area contributed by atoms with E-state index in [4.69, 9.17) is 0 Å². The highest BCUT2D eigenvalue weighted by Crippen LogP contribution is 2.23. The number of hydrogen-bond donors (Lipinski definition) is 1. The van der Waals surface area contributed by atoms with E-state index >= 15 is 0 Å². The van der Waals surface area contributed by atoms with Crippen molar-refractivity contribution in [2.75, 3.05) is 16.8 Å². The van der Waals surface area contributed by atoms with Gasteiger partial charge in [-0.25, -0.2) is 4.98 Å². The number of rotatable bonds is 3. The second-order valence-corrected chi connectivity index (χ2v) is 5.37. The van der Waals surface area contributed by atoms with Gasteiger partial charge in [-0.3, -0.25) is 10.1 Å². The molecule has 0 aliphatic carbocycles. The van der Waals surface area contributed by atoms with Crippen molar-refractivity contribution < 1.29 is 4.92 Å². The Morgan fingerprint density at radius 3 is 2.88 bits per heavy atom. The van der Waals surface area contributed by atoms with Crippen LogP contribution >= 0.6 is 11.8 Å². The average molecular weight is 253 g/mol. The monoisotopic (exact) mass is 253 g/mol. The molecule has 0 unspecified atom stereocenters. The molecule has 1 aliphatic rings. The minimum Gasteiger partial charge on any atom is -0.367 e. The number of thioether (sulfide) groups is 1. The maximum Gasteiger partial charge on any atom is 0.277 e. The Bertz CT molecular complexity index is 419. The van der Waals surface area contributed by atoms with Gasteiger partial charge in [-0.2, -0.15) is 11.8 Å². The van der Waals surface area contributed by atoms with E-state index in [1.807, 2.05) is 11.8 Å². The molecule has 1 aromatic heterocycles. The molecule has 0 saturated carbocycles. The zero-order valence-corrected chi connectivity index (χ0v) is 10.5. The number of aromatic nitrogens is 1. The molecule has 1 saturated heterocycles. The van der Waals surface area contributed by atoms with Gasteiger partial charge in [0.1, 0.15) is 5.82 Å². The van der Waals surface area contributed by atoms with Crippen molar-refractivity contribution in [1.29, 1.82) is 0 Å². The first-order valence-corrected chi connectivity index (χ1v) is 6.77. The fraction of sp³-hybridized carbons (Fsp3) is 0.545. The molecule has 1 fully saturated rings. The van der Waals surface area contributed by atoms with Crippen molar-refractivity contribution in [2.24, 2.45) is 0 Å². The molecule has 17 heavy (non-hydrogen) atoms. The molecule has 0 spiro atoms. The number of nitrogens with one attached hydrogen (secondary N) is 1. The lowest BCUT2D eigenvalue weighted by Gasteiger charge is -2.22. The van der Waals surface area contributed by atoms with Gasteiger partial charge in [-0.15, -0.1) is 0 Å². The summed E-state index contributed by atoms with van der Waals surface area (Å²) in [7, 11) is 0. The Hall–Kier alpha value is -1.30. The molecule has 0 aromatic carbocycles. The summed E-state index contributed by atoms with van der Waals surface area (Å²) in [5, 5.41) is 14.1. The molecule has 2 rings (SSSR count). The first-order valence-electron chi connectivity index (χ1n) is 5.62. The van der Waals surface area contributed by atoms with Crippen LogP contribution in [0.4, 0.5) is 11.5 Å². The van der Waals surface area contributed by atoms with Crippen LogP contribution in [0.2, 0.25) is 0 Å². The minimum absolute atomic E-state index is 0.132. The highest BCUT2D eigenvalue weighted by Gasteiger charge is 2.16. The van der Waals surface area contributed by atoms with E-state index in [-0.39, 0.29) is 10.6 Å². The molecule has 6 heteroatoms. The molecule has 1 N–H and O–H groups in total. The standard InChI is InChI=1S/C11H15N3O2S/c1-8-7-12-11(6-10(8)14(15)16)13-9-2-4-17-5-3-9/h6-7,9H,2-5H2,1H3,(H,12,13). The highest BCUT2D eigenvalue weighted by molar-refractivity contribution is 7.99. The highest BCUT2D eigenvalue weighted by atomic mass is 32.2. The fourth-order valence-electron chi connectivity index (χ4n) is 1.84. The summed E-state index contributed by atoms with van der Waals surface area (Å²) >= 11 is 1.95. The molecule has 1 aromatic rings. The second-order valence-electron chi connectivity index (χ2n) is 4.14. The van der Waals surface area contributed by atoms with Crippen LogP contribution in [0.15, 0.2) is 12.3 Å². The molecule has 0 radical (unpaired) electrons. The van der Waals surface area contributed by atoms with Crippen LogP contribution in [0.3, 0.4) is 0 Å². The average Bonchev–Trinajstić information content (AvgIpc) is 2.32. The van der Waals surface area contributed by atoms with Crippen LogP contribution in [0, 0.1) is 17.0 Å². The molecule has 5 nitrogen and oxygen atoms in total. The smallest absolute Gasteiger partial charge is 0.277 e. The third kappa shape index (κ3) is 3.09. The molecular weight excluding hydrogens is 238 g/mol. The van der Waals surface area contributed by atoms with Crippen molar-refractivity contribution in [1.82, 2.24) is 4.98 Å². The van der Waals surface area contributed by atoms with Crippen LogP contribution in [0.5, 0.6) is 0 Å². The van der Waals surface area contributed by atoms with Gasteiger partial charge in [-0.05, 0) is 31.3 Å². The molecule has 0 amide bonds. The van der Waals surface area contributed by atoms with Crippen molar-refractivity contribution in [3.63, 3.8) is 0 Å². The van der Waals surface area contributed by atoms with Gasteiger partial charge in [0.2, 0.25) is 0 Å². The number of pyridine rings is 1. The van der Waals surface area contributed by atoms with Crippen LogP contribution < -0.4 is 5.32 Å². The van der Waals surface area contributed by atoms with Crippen molar-refractivity contribution in [3.05, 3.63) is 27.9 Å². The number of aryl methyl sites for hydroxylation is 1. The lowest BCUT2D eigenvalue weighted by atomic mass is 10.1. The Balaban J connectivity index is 2.10. The first-order chi connectivity index (χ1) is 8.16. The summed E-state index contributed by atoms with van der Waals surface area (Å²) in [5.74, 6) is 2.90. The van der Waals surface area contributed by atoms with E-state index in [2.05, 4.69) is 10.3 Å². The van der Waals surface area contributed by atoms with Crippen LogP contribution in [-0.4, -0.2) is 27.5 Å². The van der Waals surface area contributed by atoms with E-state index in [9.17, 15) is 10.1 Å². The topological polar surface area (TPSA) is 68.1 Å². The molecular formula is C11H15N3O2S. The van der Waals surface area contributed by atoms with Crippen molar-refractivity contribution >= 4 is 23.3 Å². The molecule has 1 aliphatic heterocycles. The van der Waals surface area contributed by atoms with E-state index in [0.717, 1.165) is 24.3 Å². The summed E-state index contributed by atoms with van der Waals surface area (Å²) in [6.07, 6.45) is 3.74. The molecule has 0 atom stereocenters. The number of nitrogens with zero attached hydrogens (tertiary/aromatic N) is 2. The Morgan fingerprint density at radius 1 is 1.53 bits per heavy atom. The van der Waals surface area contributed by atoms with Gasteiger partial charge in [0, 0.05) is 17.8 Å². The lowest BCUT2D eigenvalue weighted by Crippen LogP contribution is -2.25. The third-order valence-electron chi connectivity index (χ3n) is 2.84. The molecule has 2 heterocycles. The molecule has 92 valence electrons. The van der Waals surface area contributed by atoms with Gasteiger partial charge < -0.3 is 5.32 Å². The number of hydrogen-bond acceptors (Lipinski definition) is 5. The SMILES string of the molecule is Cc1cnc(NC2CCSCC2)cc1[N+](=O)[O-]. The van der Waals surface area contributed by atoms with Gasteiger partial charge in [0.05, 0.1) is 11.0 Å². The minimum atomic E-state index is -0.362. The van der Waals surface area contributed by atoms with E-state index in [0.29, 0.717) is 17.4 Å². The summed E-state index contributed by atoms with van der Waals surface area (Å²) in [5.41, 5.74) is 0.729. The van der Waals surface area contributed by atoms with E-state index in [1.165, 1.54) is 6.07 Å². The lowest BCUT2D eigenvalue weighted by molar-refractivity contribution is -0.385. The zero-order valence-electron chi connectivity index (χ0n) is 9.68. The van der Waals surface area contributed by atoms with Crippen LogP contribution in [-0.2, 0) is 0 Å². The fourth-order valence-corrected chi connectivity index (χ4v) is 2.95. The maximum absolute atomic E-state index is 10.8. The summed E-state index contributed by atoms with van der Waals surface area (Å²) in [4.78, 5) is 14.6. The van der Waals surface area contributed by atoms with Crippen LogP contribution in [0.25, 0.3) is 0 Å². The number of nitro groups is 1. The second kappa shape index (κ2) is 5.35.